The number of amides is 1. The van der Waals surface area contributed by atoms with E-state index >= 15 is 0 Å². The average molecular weight is 344 g/mol. The second-order valence-corrected chi connectivity index (χ2v) is 6.99. The summed E-state index contributed by atoms with van der Waals surface area (Å²) in [5.41, 5.74) is 1.75. The Hall–Kier alpha value is -2.05. The van der Waals surface area contributed by atoms with Crippen LogP contribution in [-0.2, 0) is 4.79 Å². The van der Waals surface area contributed by atoms with Crippen LogP contribution in [0.4, 0.5) is 5.69 Å². The van der Waals surface area contributed by atoms with E-state index in [1.165, 1.54) is 11.8 Å². The highest BCUT2D eigenvalue weighted by Crippen LogP contribution is 2.29. The van der Waals surface area contributed by atoms with Gasteiger partial charge in [0, 0.05) is 5.69 Å². The van der Waals surface area contributed by atoms with Crippen LogP contribution in [-0.4, -0.2) is 23.3 Å². The molecular weight excluding hydrogens is 328 g/mol. The highest BCUT2D eigenvalue weighted by atomic mass is 32.2. The first-order chi connectivity index (χ1) is 11.2. The van der Waals surface area contributed by atoms with E-state index in [0.29, 0.717) is 12.4 Å². The maximum Gasteiger partial charge on any atom is 0.234 e. The Morgan fingerprint density at radius 2 is 2.00 bits per heavy atom. The Balaban J connectivity index is 1.54. The zero-order valence-corrected chi connectivity index (χ0v) is 14.2. The lowest BCUT2D eigenvalue weighted by atomic mass is 10.3. The standard InChI is InChI=1S/C17H16N2O2S2/c1-2-21-13-9-7-12(8-10-13)18-16(20)11-22-17-19-14-5-3-4-6-15(14)23-17/h3-10H,2,11H2,1H3,(H,18,20). The highest BCUT2D eigenvalue weighted by Gasteiger charge is 2.08. The third-order valence-corrected chi connectivity index (χ3v) is 5.23. The molecule has 0 radical (unpaired) electrons. The van der Waals surface area contributed by atoms with Crippen molar-refractivity contribution < 1.29 is 9.53 Å². The molecule has 0 aliphatic carbocycles. The number of nitrogens with zero attached hydrogens (tertiary/aromatic N) is 1. The second-order valence-electron chi connectivity index (χ2n) is 4.74. The molecule has 0 saturated heterocycles. The third-order valence-electron chi connectivity index (χ3n) is 3.05. The minimum atomic E-state index is -0.0431. The zero-order chi connectivity index (χ0) is 16.1. The molecule has 0 spiro atoms. The number of aromatic nitrogens is 1. The lowest BCUT2D eigenvalue weighted by molar-refractivity contribution is -0.113. The van der Waals surface area contributed by atoms with E-state index in [2.05, 4.69) is 10.3 Å². The fraction of sp³-hybridized carbons (Fsp3) is 0.176. The fourth-order valence-corrected chi connectivity index (χ4v) is 3.91. The molecule has 0 bridgehead atoms. The number of rotatable bonds is 6. The van der Waals surface area contributed by atoms with Gasteiger partial charge in [0.25, 0.3) is 0 Å². The van der Waals surface area contributed by atoms with Crippen LogP contribution < -0.4 is 10.1 Å². The Kier molecular flexibility index (Phi) is 5.15. The van der Waals surface area contributed by atoms with Gasteiger partial charge in [-0.2, -0.15) is 0 Å². The SMILES string of the molecule is CCOc1ccc(NC(=O)CSc2nc3ccccc3s2)cc1. The number of hydrogen-bond donors (Lipinski definition) is 1. The number of thiazole rings is 1. The molecule has 0 fully saturated rings. The summed E-state index contributed by atoms with van der Waals surface area (Å²) in [5, 5.41) is 2.88. The molecule has 1 amide bonds. The summed E-state index contributed by atoms with van der Waals surface area (Å²) in [7, 11) is 0. The Bertz CT molecular complexity index is 767. The summed E-state index contributed by atoms with van der Waals surface area (Å²) in [6.45, 7) is 2.57. The predicted molar refractivity (Wildman–Crippen MR) is 96.6 cm³/mol. The van der Waals surface area contributed by atoms with Crippen molar-refractivity contribution in [2.45, 2.75) is 11.3 Å². The van der Waals surface area contributed by atoms with Gasteiger partial charge in [0.2, 0.25) is 5.91 Å². The van der Waals surface area contributed by atoms with Gasteiger partial charge in [-0.3, -0.25) is 4.79 Å². The molecule has 0 aliphatic rings. The summed E-state index contributed by atoms with van der Waals surface area (Å²) < 4.78 is 7.43. The smallest absolute Gasteiger partial charge is 0.234 e. The van der Waals surface area contributed by atoms with Crippen molar-refractivity contribution in [3.63, 3.8) is 0 Å². The van der Waals surface area contributed by atoms with Crippen LogP contribution in [0, 0.1) is 0 Å². The van der Waals surface area contributed by atoms with E-state index in [4.69, 9.17) is 4.74 Å². The normalized spacial score (nSPS) is 10.7. The lowest BCUT2D eigenvalue weighted by Gasteiger charge is -2.06. The van der Waals surface area contributed by atoms with Gasteiger partial charge in [0.1, 0.15) is 5.75 Å². The lowest BCUT2D eigenvalue weighted by Crippen LogP contribution is -2.13. The minimum absolute atomic E-state index is 0.0431. The number of hydrogen-bond acceptors (Lipinski definition) is 5. The molecule has 0 unspecified atom stereocenters. The maximum absolute atomic E-state index is 12.0. The van der Waals surface area contributed by atoms with Crippen molar-refractivity contribution in [1.82, 2.24) is 4.98 Å². The number of fused-ring (bicyclic) bond motifs is 1. The summed E-state index contributed by atoms with van der Waals surface area (Å²) in [5.74, 6) is 1.10. The first kappa shape index (κ1) is 15.8. The third kappa shape index (κ3) is 4.24. The van der Waals surface area contributed by atoms with Crippen LogP contribution in [0.1, 0.15) is 6.92 Å². The van der Waals surface area contributed by atoms with E-state index in [9.17, 15) is 4.79 Å². The van der Waals surface area contributed by atoms with Gasteiger partial charge in [-0.25, -0.2) is 4.98 Å². The molecule has 0 aliphatic heterocycles. The van der Waals surface area contributed by atoms with Gasteiger partial charge in [-0.1, -0.05) is 23.9 Å². The van der Waals surface area contributed by atoms with Gasteiger partial charge < -0.3 is 10.1 Å². The molecule has 3 aromatic rings. The fourth-order valence-electron chi connectivity index (χ4n) is 2.04. The monoisotopic (exact) mass is 344 g/mol. The van der Waals surface area contributed by atoms with E-state index in [1.807, 2.05) is 55.5 Å². The summed E-state index contributed by atoms with van der Waals surface area (Å²) in [4.78, 5) is 16.5. The largest absolute Gasteiger partial charge is 0.494 e. The van der Waals surface area contributed by atoms with E-state index in [0.717, 1.165) is 26.0 Å². The zero-order valence-electron chi connectivity index (χ0n) is 12.6. The first-order valence-corrected chi connectivity index (χ1v) is 9.06. The topological polar surface area (TPSA) is 51.2 Å². The summed E-state index contributed by atoms with van der Waals surface area (Å²) >= 11 is 3.06. The average Bonchev–Trinajstić information content (AvgIpc) is 2.98. The number of carbonyl (C=O) groups excluding carboxylic acids is 1. The van der Waals surface area contributed by atoms with E-state index < -0.39 is 0 Å². The van der Waals surface area contributed by atoms with Gasteiger partial charge >= 0.3 is 0 Å². The Morgan fingerprint density at radius 1 is 1.22 bits per heavy atom. The molecule has 3 rings (SSSR count). The molecule has 0 atom stereocenters. The van der Waals surface area contributed by atoms with Crippen molar-refractivity contribution in [2.24, 2.45) is 0 Å². The van der Waals surface area contributed by atoms with Gasteiger partial charge in [0.15, 0.2) is 4.34 Å². The van der Waals surface area contributed by atoms with Crippen molar-refractivity contribution in [3.8, 4) is 5.75 Å². The van der Waals surface area contributed by atoms with Crippen molar-refractivity contribution >= 4 is 44.9 Å². The Morgan fingerprint density at radius 3 is 2.74 bits per heavy atom. The van der Waals surface area contributed by atoms with Crippen LogP contribution in [0.25, 0.3) is 10.2 Å². The molecule has 4 nitrogen and oxygen atoms in total. The van der Waals surface area contributed by atoms with Crippen LogP contribution in [0.15, 0.2) is 52.9 Å². The van der Waals surface area contributed by atoms with Crippen molar-refractivity contribution in [3.05, 3.63) is 48.5 Å². The Labute approximate surface area is 142 Å². The number of para-hydroxylation sites is 1. The van der Waals surface area contributed by atoms with Crippen LogP contribution in [0.5, 0.6) is 5.75 Å². The molecule has 6 heteroatoms. The van der Waals surface area contributed by atoms with Crippen molar-refractivity contribution in [1.29, 1.82) is 0 Å². The number of anilines is 1. The van der Waals surface area contributed by atoms with E-state index in [-0.39, 0.29) is 5.91 Å². The van der Waals surface area contributed by atoms with Gasteiger partial charge in [0.05, 0.1) is 22.6 Å². The number of thioether (sulfide) groups is 1. The molecule has 1 heterocycles. The van der Waals surface area contributed by atoms with Crippen molar-refractivity contribution in [2.75, 3.05) is 17.7 Å². The van der Waals surface area contributed by atoms with Crippen LogP contribution in [0.2, 0.25) is 0 Å². The molecular formula is C17H16N2O2S2. The maximum atomic E-state index is 12.0. The summed E-state index contributed by atoms with van der Waals surface area (Å²) in [6, 6.07) is 15.4. The quantitative estimate of drug-likeness (QED) is 0.672. The molecule has 0 saturated carbocycles. The van der Waals surface area contributed by atoms with Crippen LogP contribution >= 0.6 is 23.1 Å². The number of benzene rings is 2. The first-order valence-electron chi connectivity index (χ1n) is 7.25. The molecule has 1 N–H and O–H groups in total. The number of carbonyl (C=O) groups is 1. The molecule has 118 valence electrons. The number of nitrogens with one attached hydrogen (secondary N) is 1. The van der Waals surface area contributed by atoms with Crippen LogP contribution in [0.3, 0.4) is 0 Å². The predicted octanol–water partition coefficient (Wildman–Crippen LogP) is 4.43. The van der Waals surface area contributed by atoms with Gasteiger partial charge in [-0.05, 0) is 43.3 Å². The molecule has 23 heavy (non-hydrogen) atoms. The minimum Gasteiger partial charge on any atom is -0.494 e. The summed E-state index contributed by atoms with van der Waals surface area (Å²) in [6.07, 6.45) is 0. The molecule has 2 aromatic carbocycles. The highest BCUT2D eigenvalue weighted by molar-refractivity contribution is 8.01. The number of ether oxygens (including phenoxy) is 1. The molecule has 1 aromatic heterocycles. The second kappa shape index (κ2) is 7.48. The van der Waals surface area contributed by atoms with E-state index in [1.54, 1.807) is 11.3 Å². The van der Waals surface area contributed by atoms with Gasteiger partial charge in [-0.15, -0.1) is 11.3 Å².